The average Bonchev–Trinajstić information content (AvgIpc) is 3.32. The van der Waals surface area contributed by atoms with Crippen LogP contribution in [0.15, 0.2) is 35.1 Å². The fraction of sp³-hybridized carbons (Fsp3) is 0.444. The molecule has 0 saturated carbocycles. The molecule has 3 heterocycles. The van der Waals surface area contributed by atoms with E-state index in [0.29, 0.717) is 24.6 Å². The normalized spacial score (nSPS) is 20.6. The SMILES string of the molecule is O=C1O[C@@H](CNc2ccon2)CN1c1ccc(OC2CCNCC2)c(F)c1. The van der Waals surface area contributed by atoms with E-state index in [-0.39, 0.29) is 18.0 Å². The second kappa shape index (κ2) is 7.83. The van der Waals surface area contributed by atoms with Crippen LogP contribution in [-0.4, -0.2) is 49.6 Å². The first kappa shape index (κ1) is 17.6. The van der Waals surface area contributed by atoms with E-state index >= 15 is 0 Å². The number of benzene rings is 1. The second-order valence-corrected chi connectivity index (χ2v) is 6.56. The van der Waals surface area contributed by atoms with Crippen molar-refractivity contribution in [2.45, 2.75) is 25.0 Å². The monoisotopic (exact) mass is 376 g/mol. The standard InChI is InChI=1S/C18H21FN4O4/c19-15-9-12(1-2-16(15)26-13-3-6-20-7-4-13)23-11-14(27-18(23)24)10-21-17-5-8-25-22-17/h1-2,5,8-9,13-14,20H,3-4,6-7,10-11H2,(H,21,22)/t14-/m0/s1. The first-order valence-electron chi connectivity index (χ1n) is 8.98. The van der Waals surface area contributed by atoms with Crippen molar-refractivity contribution in [3.8, 4) is 5.75 Å². The van der Waals surface area contributed by atoms with Crippen molar-refractivity contribution < 1.29 is 23.2 Å². The Hall–Kier alpha value is -2.81. The third-order valence-corrected chi connectivity index (χ3v) is 4.63. The molecule has 1 aromatic heterocycles. The number of piperidine rings is 1. The summed E-state index contributed by atoms with van der Waals surface area (Å²) in [6, 6.07) is 6.23. The number of nitrogens with zero attached hydrogens (tertiary/aromatic N) is 2. The Morgan fingerprint density at radius 1 is 1.33 bits per heavy atom. The van der Waals surface area contributed by atoms with E-state index in [4.69, 9.17) is 14.0 Å². The first-order chi connectivity index (χ1) is 13.2. The highest BCUT2D eigenvalue weighted by Gasteiger charge is 2.33. The molecule has 2 aliphatic rings. The number of ether oxygens (including phenoxy) is 2. The zero-order chi connectivity index (χ0) is 18.6. The molecule has 2 aromatic rings. The number of anilines is 2. The fourth-order valence-corrected chi connectivity index (χ4v) is 3.21. The fourth-order valence-electron chi connectivity index (χ4n) is 3.21. The Labute approximate surface area is 155 Å². The quantitative estimate of drug-likeness (QED) is 0.800. The molecule has 9 heteroatoms. The van der Waals surface area contributed by atoms with Gasteiger partial charge in [-0.25, -0.2) is 9.18 Å². The molecule has 144 valence electrons. The summed E-state index contributed by atoms with van der Waals surface area (Å²) in [5, 5.41) is 10.00. The van der Waals surface area contributed by atoms with E-state index in [1.54, 1.807) is 18.2 Å². The van der Waals surface area contributed by atoms with Gasteiger partial charge in [0.2, 0.25) is 0 Å². The van der Waals surface area contributed by atoms with Gasteiger partial charge >= 0.3 is 6.09 Å². The van der Waals surface area contributed by atoms with Gasteiger partial charge in [-0.15, -0.1) is 0 Å². The molecule has 1 atom stereocenters. The van der Waals surface area contributed by atoms with Crippen LogP contribution in [0.2, 0.25) is 0 Å². The van der Waals surface area contributed by atoms with Gasteiger partial charge in [-0.1, -0.05) is 5.16 Å². The van der Waals surface area contributed by atoms with Gasteiger partial charge in [0, 0.05) is 12.1 Å². The van der Waals surface area contributed by atoms with Crippen LogP contribution >= 0.6 is 0 Å². The van der Waals surface area contributed by atoms with E-state index < -0.39 is 11.9 Å². The van der Waals surface area contributed by atoms with Gasteiger partial charge in [-0.3, -0.25) is 4.90 Å². The van der Waals surface area contributed by atoms with Crippen LogP contribution in [0.25, 0.3) is 0 Å². The maximum absolute atomic E-state index is 14.5. The van der Waals surface area contributed by atoms with Crippen molar-refractivity contribution in [1.82, 2.24) is 10.5 Å². The summed E-state index contributed by atoms with van der Waals surface area (Å²) in [7, 11) is 0. The van der Waals surface area contributed by atoms with Crippen LogP contribution in [0.5, 0.6) is 5.75 Å². The maximum atomic E-state index is 14.5. The third-order valence-electron chi connectivity index (χ3n) is 4.63. The predicted molar refractivity (Wildman–Crippen MR) is 95.5 cm³/mol. The summed E-state index contributed by atoms with van der Waals surface area (Å²) >= 11 is 0. The number of rotatable bonds is 6. The van der Waals surface area contributed by atoms with E-state index in [0.717, 1.165) is 25.9 Å². The smallest absolute Gasteiger partial charge is 0.414 e. The zero-order valence-electron chi connectivity index (χ0n) is 14.7. The molecule has 0 unspecified atom stereocenters. The molecule has 0 radical (unpaired) electrons. The number of hydrogen-bond donors (Lipinski definition) is 2. The predicted octanol–water partition coefficient (Wildman–Crippen LogP) is 2.38. The highest BCUT2D eigenvalue weighted by Crippen LogP contribution is 2.28. The van der Waals surface area contributed by atoms with Gasteiger partial charge in [-0.05, 0) is 38.1 Å². The number of hydrogen-bond acceptors (Lipinski definition) is 7. The van der Waals surface area contributed by atoms with E-state index in [2.05, 4.69) is 15.8 Å². The van der Waals surface area contributed by atoms with Gasteiger partial charge in [0.25, 0.3) is 0 Å². The minimum Gasteiger partial charge on any atom is -0.487 e. The summed E-state index contributed by atoms with van der Waals surface area (Å²) in [5.41, 5.74) is 0.444. The molecule has 27 heavy (non-hydrogen) atoms. The average molecular weight is 376 g/mol. The van der Waals surface area contributed by atoms with E-state index in [9.17, 15) is 9.18 Å². The molecule has 0 spiro atoms. The number of carbonyl (C=O) groups excluding carboxylic acids is 1. The maximum Gasteiger partial charge on any atom is 0.414 e. The lowest BCUT2D eigenvalue weighted by atomic mass is 10.1. The van der Waals surface area contributed by atoms with Crippen LogP contribution in [-0.2, 0) is 4.74 Å². The lowest BCUT2D eigenvalue weighted by Crippen LogP contribution is -2.34. The lowest BCUT2D eigenvalue weighted by molar-refractivity contribution is 0.147. The van der Waals surface area contributed by atoms with Gasteiger partial charge in [0.15, 0.2) is 17.4 Å². The molecule has 8 nitrogen and oxygen atoms in total. The van der Waals surface area contributed by atoms with Crippen molar-refractivity contribution in [2.75, 3.05) is 36.4 Å². The molecule has 2 N–H and O–H groups in total. The highest BCUT2D eigenvalue weighted by atomic mass is 19.1. The Kier molecular flexibility index (Phi) is 5.10. The van der Waals surface area contributed by atoms with Crippen molar-refractivity contribution >= 4 is 17.6 Å². The van der Waals surface area contributed by atoms with Gasteiger partial charge < -0.3 is 24.6 Å². The molecular formula is C18H21FN4O4. The molecule has 2 fully saturated rings. The summed E-state index contributed by atoms with van der Waals surface area (Å²) in [6.45, 7) is 2.44. The van der Waals surface area contributed by atoms with Crippen molar-refractivity contribution in [1.29, 1.82) is 0 Å². The number of carbonyl (C=O) groups is 1. The van der Waals surface area contributed by atoms with Crippen molar-refractivity contribution in [3.05, 3.63) is 36.3 Å². The van der Waals surface area contributed by atoms with E-state index in [1.165, 1.54) is 17.2 Å². The van der Waals surface area contributed by atoms with E-state index in [1.807, 2.05) is 0 Å². The molecule has 2 aliphatic heterocycles. The number of aromatic nitrogens is 1. The molecular weight excluding hydrogens is 355 g/mol. The number of cyclic esters (lactones) is 1. The largest absolute Gasteiger partial charge is 0.487 e. The Morgan fingerprint density at radius 3 is 2.93 bits per heavy atom. The highest BCUT2D eigenvalue weighted by molar-refractivity contribution is 5.89. The van der Waals surface area contributed by atoms with Crippen LogP contribution in [0.1, 0.15) is 12.8 Å². The van der Waals surface area contributed by atoms with Crippen LogP contribution in [0, 0.1) is 5.82 Å². The molecule has 1 aromatic carbocycles. The Bertz CT molecular complexity index is 780. The topological polar surface area (TPSA) is 88.9 Å². The van der Waals surface area contributed by atoms with Crippen LogP contribution < -0.4 is 20.3 Å². The third kappa shape index (κ3) is 4.13. The molecule has 1 amide bonds. The van der Waals surface area contributed by atoms with Crippen LogP contribution in [0.3, 0.4) is 0 Å². The minimum absolute atomic E-state index is 0.00957. The Balaban J connectivity index is 1.37. The summed E-state index contributed by atoms with van der Waals surface area (Å²) in [4.78, 5) is 13.5. The van der Waals surface area contributed by atoms with Crippen LogP contribution in [0.4, 0.5) is 20.7 Å². The van der Waals surface area contributed by atoms with Gasteiger partial charge in [0.05, 0.1) is 18.8 Å². The van der Waals surface area contributed by atoms with Gasteiger partial charge in [0.1, 0.15) is 18.5 Å². The number of amides is 1. The lowest BCUT2D eigenvalue weighted by Gasteiger charge is -2.24. The summed E-state index contributed by atoms with van der Waals surface area (Å²) in [5.74, 6) is 0.292. The van der Waals surface area contributed by atoms with Gasteiger partial charge in [-0.2, -0.15) is 0 Å². The molecule has 0 aliphatic carbocycles. The van der Waals surface area contributed by atoms with Crippen molar-refractivity contribution in [2.24, 2.45) is 0 Å². The minimum atomic E-state index is -0.506. The Morgan fingerprint density at radius 2 is 2.19 bits per heavy atom. The molecule has 0 bridgehead atoms. The number of halogens is 1. The number of nitrogens with one attached hydrogen (secondary N) is 2. The summed E-state index contributed by atoms with van der Waals surface area (Å²) < 4.78 is 30.3. The molecule has 2 saturated heterocycles. The van der Waals surface area contributed by atoms with Crippen molar-refractivity contribution in [3.63, 3.8) is 0 Å². The molecule has 4 rings (SSSR count). The second-order valence-electron chi connectivity index (χ2n) is 6.56. The first-order valence-corrected chi connectivity index (χ1v) is 8.98. The summed E-state index contributed by atoms with van der Waals surface area (Å²) in [6.07, 6.45) is 2.28. The zero-order valence-corrected chi connectivity index (χ0v) is 14.7.